The summed E-state index contributed by atoms with van der Waals surface area (Å²) in [6, 6.07) is 3.34. The minimum Gasteiger partial charge on any atom is -0.469 e. The Morgan fingerprint density at radius 1 is 1.44 bits per heavy atom. The van der Waals surface area contributed by atoms with Gasteiger partial charge in [-0.3, -0.25) is 4.79 Å². The van der Waals surface area contributed by atoms with E-state index in [2.05, 4.69) is 30.5 Å². The number of ether oxygens (including phenoxy) is 1. The highest BCUT2D eigenvalue weighted by molar-refractivity contribution is 5.71. The van der Waals surface area contributed by atoms with Crippen LogP contribution in [-0.4, -0.2) is 43.5 Å². The largest absolute Gasteiger partial charge is 0.469 e. The molecule has 0 fully saturated rings. The van der Waals surface area contributed by atoms with Crippen LogP contribution in [0, 0.1) is 0 Å². The second kappa shape index (κ2) is 4.43. The van der Waals surface area contributed by atoms with Crippen molar-refractivity contribution in [2.75, 3.05) is 7.11 Å². The molecule has 0 bridgehead atoms. The van der Waals surface area contributed by atoms with Gasteiger partial charge in [0, 0.05) is 0 Å². The number of methoxy groups -OCH3 is 1. The third-order valence-corrected chi connectivity index (χ3v) is 1.84. The Bertz CT molecular complexity index is 466. The van der Waals surface area contributed by atoms with E-state index in [-0.39, 0.29) is 12.4 Å². The molecule has 0 radical (unpaired) electrons. The normalized spacial score (nSPS) is 10.1. The van der Waals surface area contributed by atoms with Crippen molar-refractivity contribution in [1.82, 2.24) is 30.4 Å². The van der Waals surface area contributed by atoms with Crippen LogP contribution in [0.4, 0.5) is 0 Å². The molecule has 16 heavy (non-hydrogen) atoms. The molecule has 2 heterocycles. The predicted octanol–water partition coefficient (Wildman–Crippen LogP) is -0.832. The van der Waals surface area contributed by atoms with Gasteiger partial charge in [0.05, 0.1) is 19.2 Å². The van der Waals surface area contributed by atoms with Crippen LogP contribution >= 0.6 is 0 Å². The molecule has 0 aromatic carbocycles. The number of rotatable bonds is 3. The third-order valence-electron chi connectivity index (χ3n) is 1.84. The van der Waals surface area contributed by atoms with Crippen molar-refractivity contribution < 1.29 is 9.53 Å². The van der Waals surface area contributed by atoms with Gasteiger partial charge in [0.1, 0.15) is 6.33 Å². The number of carbonyl (C=O) groups excluding carboxylic acids is 1. The number of hydrogen-bond acceptors (Lipinski definition) is 7. The van der Waals surface area contributed by atoms with Crippen LogP contribution in [0.5, 0.6) is 0 Å². The monoisotopic (exact) mass is 220 g/mol. The Morgan fingerprint density at radius 2 is 2.31 bits per heavy atom. The summed E-state index contributed by atoms with van der Waals surface area (Å²) in [5, 5.41) is 18.3. The quantitative estimate of drug-likeness (QED) is 0.622. The van der Waals surface area contributed by atoms with E-state index in [0.29, 0.717) is 11.5 Å². The lowest BCUT2D eigenvalue weighted by atomic mass is 10.3. The van der Waals surface area contributed by atoms with Crippen LogP contribution in [-0.2, 0) is 16.0 Å². The lowest BCUT2D eigenvalue weighted by Crippen LogP contribution is -2.08. The number of hydrogen-bond donors (Lipinski definition) is 0. The summed E-state index contributed by atoms with van der Waals surface area (Å²) >= 11 is 0. The second-order valence-corrected chi connectivity index (χ2v) is 2.89. The molecule has 0 N–H and O–H groups in total. The highest BCUT2D eigenvalue weighted by atomic mass is 16.5. The van der Waals surface area contributed by atoms with Crippen LogP contribution in [0.1, 0.15) is 5.69 Å². The minimum atomic E-state index is -0.357. The van der Waals surface area contributed by atoms with Crippen molar-refractivity contribution in [2.24, 2.45) is 0 Å². The summed E-state index contributed by atoms with van der Waals surface area (Å²) in [4.78, 5) is 11.0. The maximum absolute atomic E-state index is 11.0. The Balaban J connectivity index is 2.14. The van der Waals surface area contributed by atoms with E-state index >= 15 is 0 Å². The lowest BCUT2D eigenvalue weighted by Gasteiger charge is -1.99. The van der Waals surface area contributed by atoms with E-state index in [0.717, 1.165) is 0 Å². The maximum atomic E-state index is 11.0. The molecule has 82 valence electrons. The molecule has 8 heteroatoms. The Hall–Kier alpha value is -2.38. The minimum absolute atomic E-state index is 0.0966. The first-order valence-corrected chi connectivity index (χ1v) is 4.42. The van der Waals surface area contributed by atoms with E-state index in [1.807, 2.05) is 0 Å². The molecule has 2 rings (SSSR count). The maximum Gasteiger partial charge on any atom is 0.311 e. The molecule has 0 saturated heterocycles. The van der Waals surface area contributed by atoms with E-state index < -0.39 is 0 Å². The van der Waals surface area contributed by atoms with Crippen LogP contribution in [0.25, 0.3) is 5.82 Å². The van der Waals surface area contributed by atoms with Crippen LogP contribution in [0.3, 0.4) is 0 Å². The van der Waals surface area contributed by atoms with Gasteiger partial charge in [0.2, 0.25) is 0 Å². The number of carbonyl (C=O) groups is 1. The van der Waals surface area contributed by atoms with Crippen molar-refractivity contribution in [3.05, 3.63) is 24.2 Å². The van der Waals surface area contributed by atoms with Gasteiger partial charge in [-0.25, -0.2) is 0 Å². The molecule has 0 spiro atoms. The zero-order valence-electron chi connectivity index (χ0n) is 8.44. The Morgan fingerprint density at radius 3 is 2.88 bits per heavy atom. The standard InChI is InChI=1S/C8H8N6O2/c1-16-8(15)4-6-2-3-7(11-10-6)14-5-9-12-13-14/h2-3,5H,4H2,1H3. The van der Waals surface area contributed by atoms with Gasteiger partial charge in [0.15, 0.2) is 5.82 Å². The first-order chi connectivity index (χ1) is 7.79. The number of aromatic nitrogens is 6. The van der Waals surface area contributed by atoms with Gasteiger partial charge in [-0.1, -0.05) is 0 Å². The number of esters is 1. The molecule has 0 aliphatic heterocycles. The summed E-state index contributed by atoms with van der Waals surface area (Å²) in [5.74, 6) is 0.128. The Labute approximate surface area is 90.2 Å². The molecular formula is C8H8N6O2. The summed E-state index contributed by atoms with van der Waals surface area (Å²) in [6.45, 7) is 0. The predicted molar refractivity (Wildman–Crippen MR) is 50.5 cm³/mol. The van der Waals surface area contributed by atoms with E-state index in [1.165, 1.54) is 18.1 Å². The number of tetrazole rings is 1. The van der Waals surface area contributed by atoms with E-state index in [9.17, 15) is 4.79 Å². The van der Waals surface area contributed by atoms with Gasteiger partial charge < -0.3 is 4.74 Å². The average molecular weight is 220 g/mol. The fourth-order valence-electron chi connectivity index (χ4n) is 1.06. The third kappa shape index (κ3) is 2.16. The highest BCUT2D eigenvalue weighted by Crippen LogP contribution is 2.01. The van der Waals surface area contributed by atoms with Crippen LogP contribution in [0.2, 0.25) is 0 Å². The van der Waals surface area contributed by atoms with Crippen molar-refractivity contribution in [3.8, 4) is 5.82 Å². The Kier molecular flexibility index (Phi) is 2.81. The summed E-state index contributed by atoms with van der Waals surface area (Å²) in [6.07, 6.45) is 1.50. The molecule has 2 aromatic rings. The molecule has 0 aliphatic rings. The summed E-state index contributed by atoms with van der Waals surface area (Å²) in [5.41, 5.74) is 0.531. The fraction of sp³-hybridized carbons (Fsp3) is 0.250. The zero-order chi connectivity index (χ0) is 11.4. The van der Waals surface area contributed by atoms with Crippen LogP contribution in [0.15, 0.2) is 18.5 Å². The van der Waals surface area contributed by atoms with Crippen molar-refractivity contribution in [3.63, 3.8) is 0 Å². The van der Waals surface area contributed by atoms with Gasteiger partial charge in [-0.2, -0.15) is 9.78 Å². The summed E-state index contributed by atoms with van der Waals surface area (Å²) < 4.78 is 5.88. The van der Waals surface area contributed by atoms with Crippen molar-refractivity contribution >= 4 is 5.97 Å². The first-order valence-electron chi connectivity index (χ1n) is 4.42. The molecule has 0 saturated carbocycles. The lowest BCUT2D eigenvalue weighted by molar-refractivity contribution is -0.139. The molecule has 0 unspecified atom stereocenters. The van der Waals surface area contributed by atoms with Crippen molar-refractivity contribution in [1.29, 1.82) is 0 Å². The van der Waals surface area contributed by atoms with E-state index in [1.54, 1.807) is 12.1 Å². The SMILES string of the molecule is COC(=O)Cc1ccc(-n2cnnn2)nn1. The van der Waals surface area contributed by atoms with E-state index in [4.69, 9.17) is 0 Å². The van der Waals surface area contributed by atoms with Crippen LogP contribution < -0.4 is 0 Å². The topological polar surface area (TPSA) is 95.7 Å². The van der Waals surface area contributed by atoms with Gasteiger partial charge in [-0.15, -0.1) is 10.2 Å². The fourth-order valence-corrected chi connectivity index (χ4v) is 1.06. The second-order valence-electron chi connectivity index (χ2n) is 2.89. The molecule has 0 amide bonds. The van der Waals surface area contributed by atoms with Gasteiger partial charge >= 0.3 is 5.97 Å². The molecule has 8 nitrogen and oxygen atoms in total. The zero-order valence-corrected chi connectivity index (χ0v) is 8.44. The first kappa shape index (κ1) is 10.1. The molecule has 0 atom stereocenters. The van der Waals surface area contributed by atoms with Crippen molar-refractivity contribution in [2.45, 2.75) is 6.42 Å². The smallest absolute Gasteiger partial charge is 0.311 e. The highest BCUT2D eigenvalue weighted by Gasteiger charge is 2.06. The number of nitrogens with zero attached hydrogens (tertiary/aromatic N) is 6. The summed E-state index contributed by atoms with van der Waals surface area (Å²) in [7, 11) is 1.32. The molecule has 0 aliphatic carbocycles. The van der Waals surface area contributed by atoms with Gasteiger partial charge in [0.25, 0.3) is 0 Å². The van der Waals surface area contributed by atoms with Gasteiger partial charge in [-0.05, 0) is 22.6 Å². The molecule has 2 aromatic heterocycles. The average Bonchev–Trinajstić information content (AvgIpc) is 2.83. The molecular weight excluding hydrogens is 212 g/mol.